The first-order valence-electron chi connectivity index (χ1n) is 25.3. The third kappa shape index (κ3) is 16.2. The van der Waals surface area contributed by atoms with E-state index in [4.69, 9.17) is 14.2 Å². The van der Waals surface area contributed by atoms with Crippen LogP contribution in [0.5, 0.6) is 0 Å². The van der Waals surface area contributed by atoms with Gasteiger partial charge in [-0.25, -0.2) is 19.4 Å². The van der Waals surface area contributed by atoms with Crippen LogP contribution in [-0.2, 0) is 63.6 Å². The number of thioether (sulfide) groups is 1. The number of alkyl halides is 3. The van der Waals surface area contributed by atoms with Crippen LogP contribution in [0, 0.1) is 11.8 Å². The lowest BCUT2D eigenvalue weighted by atomic mass is 9.84. The second-order valence-electron chi connectivity index (χ2n) is 19.2. The van der Waals surface area contributed by atoms with Gasteiger partial charge in [0.25, 0.3) is 0 Å². The normalized spacial score (nSPS) is 13.9. The zero-order valence-electron chi connectivity index (χ0n) is 44.1. The number of imidazole rings is 1. The molecule has 1 unspecified atom stereocenters. The zero-order valence-corrected chi connectivity index (χ0v) is 45.0. The molecule has 418 valence electrons. The van der Waals surface area contributed by atoms with Crippen molar-refractivity contribution in [2.45, 2.75) is 94.7 Å². The highest BCUT2D eigenvalue weighted by molar-refractivity contribution is 8.00. The molecule has 0 spiro atoms. The van der Waals surface area contributed by atoms with Crippen molar-refractivity contribution in [3.05, 3.63) is 198 Å². The number of nitrogens with one attached hydrogen (secondary N) is 5. The van der Waals surface area contributed by atoms with Gasteiger partial charge in [-0.15, -0.1) is 11.8 Å². The van der Waals surface area contributed by atoms with Gasteiger partial charge in [0.05, 0.1) is 23.9 Å². The zero-order chi connectivity index (χ0) is 57.2. The van der Waals surface area contributed by atoms with Gasteiger partial charge < -0.3 is 40.6 Å². The maximum Gasteiger partial charge on any atom is 0.459 e. The largest absolute Gasteiger partial charge is 0.467 e. The molecular formula is C58H64F3N7O10S. The number of rotatable bonds is 25. The monoisotopic (exact) mass is 1110 g/mol. The number of hydrogen-bond donors (Lipinski definition) is 6. The van der Waals surface area contributed by atoms with Gasteiger partial charge in [-0.05, 0) is 46.1 Å². The Balaban J connectivity index is 1.22. The van der Waals surface area contributed by atoms with Gasteiger partial charge in [-0.1, -0.05) is 179 Å². The number of aliphatic hydroxyl groups is 1. The van der Waals surface area contributed by atoms with E-state index < -0.39 is 95.8 Å². The fraction of sp³-hybridized carbons (Fsp3) is 0.328. The molecule has 6 aromatic rings. The average Bonchev–Trinajstić information content (AvgIpc) is 4.00. The van der Waals surface area contributed by atoms with Crippen LogP contribution in [-0.4, -0.2) is 93.7 Å². The molecule has 5 atom stereocenters. The molecule has 0 bridgehead atoms. The van der Waals surface area contributed by atoms with E-state index in [0.717, 1.165) is 23.8 Å². The number of esters is 1. The summed E-state index contributed by atoms with van der Waals surface area (Å²) in [4.78, 5) is 86.7. The topological polar surface area (TPSA) is 228 Å². The van der Waals surface area contributed by atoms with Crippen molar-refractivity contribution in [2.24, 2.45) is 11.8 Å². The molecule has 21 heteroatoms. The summed E-state index contributed by atoms with van der Waals surface area (Å²) in [6.07, 6.45) is -7.26. The summed E-state index contributed by atoms with van der Waals surface area (Å²) in [5, 5.41) is 23.1. The minimum atomic E-state index is -5.52. The molecule has 0 saturated heterocycles. The van der Waals surface area contributed by atoms with Crippen LogP contribution in [0.4, 0.5) is 22.8 Å². The number of amides is 5. The molecule has 17 nitrogen and oxygen atoms in total. The van der Waals surface area contributed by atoms with Crippen molar-refractivity contribution in [3.63, 3.8) is 0 Å². The second kappa shape index (κ2) is 27.9. The lowest BCUT2D eigenvalue weighted by Crippen LogP contribution is -2.60. The van der Waals surface area contributed by atoms with E-state index in [1.807, 2.05) is 111 Å². The number of ether oxygens (including phenoxy) is 3. The fourth-order valence-corrected chi connectivity index (χ4v) is 10.0. The van der Waals surface area contributed by atoms with Crippen LogP contribution in [0.3, 0.4) is 0 Å². The quantitative estimate of drug-likeness (QED) is 0.0139. The summed E-state index contributed by atoms with van der Waals surface area (Å²) in [5.41, 5.74) is 3.58. The van der Waals surface area contributed by atoms with E-state index in [0.29, 0.717) is 23.7 Å². The Morgan fingerprint density at radius 2 is 1.06 bits per heavy atom. The lowest BCUT2D eigenvalue weighted by Gasteiger charge is -2.36. The van der Waals surface area contributed by atoms with Crippen molar-refractivity contribution in [3.8, 4) is 0 Å². The van der Waals surface area contributed by atoms with E-state index in [-0.39, 0.29) is 35.0 Å². The van der Waals surface area contributed by atoms with Gasteiger partial charge in [0.2, 0.25) is 17.7 Å². The molecule has 5 amide bonds. The molecule has 6 rings (SSSR count). The number of halogens is 3. The van der Waals surface area contributed by atoms with Crippen molar-refractivity contribution in [1.29, 1.82) is 0 Å². The summed E-state index contributed by atoms with van der Waals surface area (Å²) in [6, 6.07) is 40.6. The van der Waals surface area contributed by atoms with Crippen LogP contribution in [0.15, 0.2) is 164 Å². The first kappa shape index (κ1) is 60.1. The maximum atomic E-state index is 14.8. The number of carbonyl (C=O) groups excluding carboxylic acids is 6. The van der Waals surface area contributed by atoms with Crippen molar-refractivity contribution < 1.29 is 61.3 Å². The van der Waals surface area contributed by atoms with Crippen LogP contribution in [0.25, 0.3) is 0 Å². The Kier molecular flexibility index (Phi) is 21.2. The summed E-state index contributed by atoms with van der Waals surface area (Å²) in [7, 11) is 1.02. The first-order chi connectivity index (χ1) is 37.7. The summed E-state index contributed by atoms with van der Waals surface area (Å²) < 4.78 is 58.0. The van der Waals surface area contributed by atoms with Crippen molar-refractivity contribution in [1.82, 2.24) is 36.1 Å². The lowest BCUT2D eigenvalue weighted by molar-refractivity contribution is -0.309. The van der Waals surface area contributed by atoms with Crippen LogP contribution < -0.4 is 26.6 Å². The molecule has 1 aromatic heterocycles. The Bertz CT molecular complexity index is 2840. The highest BCUT2D eigenvalue weighted by atomic mass is 32.2. The van der Waals surface area contributed by atoms with Crippen LogP contribution in [0.2, 0.25) is 0 Å². The minimum Gasteiger partial charge on any atom is -0.467 e. The number of methoxy groups -OCH3 is 1. The number of nitrogens with zero attached hydrogens (tertiary/aromatic N) is 2. The number of aromatic nitrogens is 2. The van der Waals surface area contributed by atoms with Crippen LogP contribution >= 0.6 is 11.8 Å². The number of benzene rings is 5. The summed E-state index contributed by atoms with van der Waals surface area (Å²) in [5.74, 6) is -8.42. The molecule has 0 fully saturated rings. The van der Waals surface area contributed by atoms with Crippen molar-refractivity contribution in [2.75, 3.05) is 12.9 Å². The summed E-state index contributed by atoms with van der Waals surface area (Å²) >= 11 is 1.39. The second-order valence-corrected chi connectivity index (χ2v) is 20.4. The SMILES string of the molecule is COC(=O)[C@H](Cc1cn(C(O)(NC(=O)OCc2ccccc2)C(F)(F)F)cn1)NC(=O)[C@@H](NC(=O)[C@H](CC(C)C)NC(=O)[C@@H](CSC(c1ccccc1)(c1ccccc1)c1ccccc1)NC(=O)OCc1ccccc1)C(C)C. The Morgan fingerprint density at radius 3 is 1.52 bits per heavy atom. The Labute approximate surface area is 460 Å². The number of hydrogen-bond acceptors (Lipinski definition) is 12. The van der Waals surface area contributed by atoms with Gasteiger partial charge in [0, 0.05) is 18.4 Å². The van der Waals surface area contributed by atoms with Crippen molar-refractivity contribution >= 4 is 47.6 Å². The van der Waals surface area contributed by atoms with Gasteiger partial charge in [-0.2, -0.15) is 13.2 Å². The minimum absolute atomic E-state index is 0.0432. The van der Waals surface area contributed by atoms with E-state index in [2.05, 4.69) is 26.3 Å². The molecule has 0 aliphatic rings. The number of alkyl carbamates (subject to hydrolysis) is 2. The third-order valence-corrected chi connectivity index (χ3v) is 14.2. The predicted octanol–water partition coefficient (Wildman–Crippen LogP) is 7.87. The van der Waals surface area contributed by atoms with E-state index >= 15 is 0 Å². The molecule has 0 aliphatic carbocycles. The van der Waals surface area contributed by atoms with Crippen LogP contribution in [0.1, 0.15) is 67.6 Å². The average molecular weight is 1110 g/mol. The molecule has 0 saturated carbocycles. The summed E-state index contributed by atoms with van der Waals surface area (Å²) in [6.45, 7) is 6.37. The van der Waals surface area contributed by atoms with Gasteiger partial charge in [0.15, 0.2) is 0 Å². The highest BCUT2D eigenvalue weighted by Crippen LogP contribution is 2.48. The highest BCUT2D eigenvalue weighted by Gasteiger charge is 2.58. The molecule has 6 N–H and O–H groups in total. The smallest absolute Gasteiger partial charge is 0.459 e. The van der Waals surface area contributed by atoms with E-state index in [1.54, 1.807) is 68.4 Å². The first-order valence-corrected chi connectivity index (χ1v) is 26.3. The molecule has 0 radical (unpaired) electrons. The van der Waals surface area contributed by atoms with Gasteiger partial charge in [-0.3, -0.25) is 24.3 Å². The third-order valence-electron chi connectivity index (χ3n) is 12.5. The molecule has 79 heavy (non-hydrogen) atoms. The standard InChI is InChI=1S/C58H64F3N7O10S/c1-38(2)31-46(50(69)66-49(39(3)4)52(71)64-47(53(72)76-5)32-45-33-68(37-62-45)58(75,57(59,60)61)67-55(74)78-35-41-23-13-7-14-24-41)63-51(70)48(65-54(73)77-34-40-21-11-6-12-22-40)36-79-56(42-25-15-8-16-26-42,43-27-17-9-18-28-43)44-29-19-10-20-30-44/h6-30,33,37-39,46-49,75H,31-32,34-36H2,1-5H3,(H,63,70)(H,64,71)(H,65,73)(H,66,69)(H,67,74)/t46-,47-,48+,49-,58?/m0/s1. The number of carbonyl (C=O) groups is 6. The van der Waals surface area contributed by atoms with E-state index in [9.17, 15) is 47.0 Å². The van der Waals surface area contributed by atoms with Gasteiger partial charge >= 0.3 is 30.2 Å². The van der Waals surface area contributed by atoms with E-state index in [1.165, 1.54) is 17.1 Å². The Hall–Kier alpha value is -8.17. The molecule has 0 aliphatic heterocycles. The fourth-order valence-electron chi connectivity index (χ4n) is 8.47. The Morgan fingerprint density at radius 1 is 0.608 bits per heavy atom. The molecular weight excluding hydrogens is 1040 g/mol. The maximum absolute atomic E-state index is 14.8. The van der Waals surface area contributed by atoms with Gasteiger partial charge in [0.1, 0.15) is 37.4 Å². The molecule has 1 heterocycles. The molecule has 5 aromatic carbocycles. The predicted molar refractivity (Wildman–Crippen MR) is 289 cm³/mol.